The Morgan fingerprint density at radius 3 is 2.16 bits per heavy atom. The van der Waals surface area contributed by atoms with Crippen molar-refractivity contribution in [3.63, 3.8) is 0 Å². The van der Waals surface area contributed by atoms with Crippen molar-refractivity contribution in [2.45, 2.75) is 70.5 Å². The Labute approximate surface area is 375 Å². The number of likely N-dealkylation sites (N-methyl/N-ethyl adjacent to an activating group) is 1. The first-order valence-corrected chi connectivity index (χ1v) is 22.2. The molecule has 3 N–H and O–H groups in total. The first-order chi connectivity index (χ1) is 31.0. The number of nitrogens with one attached hydrogen (secondary N) is 3. The van der Waals surface area contributed by atoms with Crippen molar-refractivity contribution < 1.29 is 28.7 Å². The minimum atomic E-state index is -0.601. The number of amides is 4. The molecule has 3 aliphatic rings. The van der Waals surface area contributed by atoms with Gasteiger partial charge in [0.2, 0.25) is 12.3 Å². The number of pyridine rings is 1. The molecular weight excluding hydrogens is 817 g/mol. The summed E-state index contributed by atoms with van der Waals surface area (Å²) in [5.74, 6) is 0.247. The van der Waals surface area contributed by atoms with Gasteiger partial charge in [-0.1, -0.05) is 36.4 Å². The Balaban J connectivity index is 0.000000223. The second-order valence-corrected chi connectivity index (χ2v) is 16.7. The molecule has 2 aromatic heterocycles. The highest BCUT2D eigenvalue weighted by molar-refractivity contribution is 5.85. The molecule has 17 heteroatoms. The van der Waals surface area contributed by atoms with Crippen molar-refractivity contribution in [3.05, 3.63) is 101 Å². The third-order valence-electron chi connectivity index (χ3n) is 12.5. The summed E-state index contributed by atoms with van der Waals surface area (Å²) in [5.41, 5.74) is 4.27. The Morgan fingerprint density at radius 2 is 1.52 bits per heavy atom. The Kier molecular flexibility index (Phi) is 17.1. The number of hydrogen-bond donors (Lipinski definition) is 3. The van der Waals surface area contributed by atoms with Gasteiger partial charge in [0.1, 0.15) is 0 Å². The van der Waals surface area contributed by atoms with E-state index in [9.17, 15) is 24.0 Å². The largest absolute Gasteiger partial charge is 0.428 e. The number of benzene rings is 2. The maximum atomic E-state index is 13.4. The van der Waals surface area contributed by atoms with E-state index in [1.807, 2.05) is 49.2 Å². The minimum Gasteiger partial charge on any atom is -0.428 e. The quantitative estimate of drug-likeness (QED) is 0.117. The number of ether oxygens (including phenoxy) is 2. The molecule has 1 unspecified atom stereocenters. The molecule has 7 rings (SSSR count). The van der Waals surface area contributed by atoms with Crippen LogP contribution in [0.1, 0.15) is 48.3 Å². The van der Waals surface area contributed by atoms with Crippen LogP contribution in [0.4, 0.5) is 9.59 Å². The van der Waals surface area contributed by atoms with Crippen LogP contribution in [-0.4, -0.2) is 150 Å². The Bertz CT molecular complexity index is 2300. The van der Waals surface area contributed by atoms with Gasteiger partial charge in [-0.3, -0.25) is 23.9 Å². The molecule has 344 valence electrons. The third kappa shape index (κ3) is 12.1. The molecule has 4 amide bonds. The summed E-state index contributed by atoms with van der Waals surface area (Å²) in [6, 6.07) is 14.0. The highest BCUT2D eigenvalue weighted by Crippen LogP contribution is 2.28. The summed E-state index contributed by atoms with van der Waals surface area (Å²) < 4.78 is 13.6. The highest BCUT2D eigenvalue weighted by Gasteiger charge is 2.31. The number of likely N-dealkylation sites (tertiary alicyclic amines) is 2. The number of fused-ring (bicyclic) bond motifs is 2. The highest BCUT2D eigenvalue weighted by atomic mass is 16.6. The van der Waals surface area contributed by atoms with Gasteiger partial charge in [-0.05, 0) is 107 Å². The molecule has 17 nitrogen and oxygen atoms in total. The van der Waals surface area contributed by atoms with Gasteiger partial charge in [0.05, 0.1) is 23.3 Å². The van der Waals surface area contributed by atoms with Crippen molar-refractivity contribution in [2.24, 2.45) is 0 Å². The molecule has 1 atom stereocenters. The fourth-order valence-corrected chi connectivity index (χ4v) is 8.92. The first kappa shape index (κ1) is 47.4. The van der Waals surface area contributed by atoms with Gasteiger partial charge in [0.15, 0.2) is 13.5 Å². The van der Waals surface area contributed by atoms with E-state index in [2.05, 4.69) is 63.2 Å². The second-order valence-electron chi connectivity index (χ2n) is 16.7. The number of alkyl carbamates (subject to hydrolysis) is 2. The van der Waals surface area contributed by atoms with Gasteiger partial charge in [-0.25, -0.2) is 14.3 Å². The summed E-state index contributed by atoms with van der Waals surface area (Å²) in [7, 11) is 4.05. The number of aryl methyl sites for hydroxylation is 1. The molecule has 3 saturated heterocycles. The fourth-order valence-electron chi connectivity index (χ4n) is 8.92. The summed E-state index contributed by atoms with van der Waals surface area (Å²) in [6.07, 6.45) is 9.18. The number of para-hydroxylation sites is 1. The van der Waals surface area contributed by atoms with Crippen LogP contribution in [-0.2, 0) is 38.9 Å². The van der Waals surface area contributed by atoms with Gasteiger partial charge in [0.25, 0.3) is 5.56 Å². The summed E-state index contributed by atoms with van der Waals surface area (Å²) in [4.78, 5) is 69.7. The predicted octanol–water partition coefficient (Wildman–Crippen LogP) is 3.79. The van der Waals surface area contributed by atoms with Crippen molar-refractivity contribution >= 4 is 46.3 Å². The SMILES string of the molecule is C=CCNC(=O)OCn1c(=O)c(C2CCN(C=O)CC2)cc2ccccc21.C=CCNC(=O)OCn1ncc2cc(CC(NC)C(=O)N3CCN(C4CCN(C)CC4)CC3)cc(C)c21. The molecule has 4 aromatic rings. The van der Waals surface area contributed by atoms with E-state index in [0.29, 0.717) is 49.7 Å². The van der Waals surface area contributed by atoms with Crippen molar-refractivity contribution in [3.8, 4) is 0 Å². The van der Waals surface area contributed by atoms with Crippen LogP contribution < -0.4 is 21.5 Å². The zero-order chi connectivity index (χ0) is 45.6. The summed E-state index contributed by atoms with van der Waals surface area (Å²) >= 11 is 0. The van der Waals surface area contributed by atoms with E-state index < -0.39 is 12.2 Å². The van der Waals surface area contributed by atoms with Crippen LogP contribution in [0.2, 0.25) is 0 Å². The number of nitrogens with zero attached hydrogens (tertiary/aromatic N) is 7. The Hall–Kier alpha value is -6.04. The molecule has 3 fully saturated rings. The number of piperidine rings is 2. The molecule has 0 spiro atoms. The van der Waals surface area contributed by atoms with E-state index in [1.54, 1.807) is 27.9 Å². The van der Waals surface area contributed by atoms with Crippen LogP contribution in [0.15, 0.2) is 78.8 Å². The average molecular weight is 881 g/mol. The van der Waals surface area contributed by atoms with Crippen LogP contribution in [0.3, 0.4) is 0 Å². The van der Waals surface area contributed by atoms with Crippen LogP contribution in [0.5, 0.6) is 0 Å². The molecule has 0 radical (unpaired) electrons. The lowest BCUT2D eigenvalue weighted by Gasteiger charge is -2.42. The molecule has 0 aliphatic carbocycles. The molecule has 3 aliphatic heterocycles. The fraction of sp³-hybridized carbons (Fsp3) is 0.489. The summed E-state index contributed by atoms with van der Waals surface area (Å²) in [5, 5.41) is 14.6. The third-order valence-corrected chi connectivity index (χ3v) is 12.5. The Morgan fingerprint density at radius 1 is 0.859 bits per heavy atom. The normalized spacial score (nSPS) is 17.0. The minimum absolute atomic E-state index is 0.0217. The number of carbonyl (C=O) groups excluding carboxylic acids is 4. The van der Waals surface area contributed by atoms with Gasteiger partial charge in [0, 0.05) is 69.3 Å². The van der Waals surface area contributed by atoms with Gasteiger partial charge < -0.3 is 40.1 Å². The van der Waals surface area contributed by atoms with Gasteiger partial charge >= 0.3 is 12.2 Å². The zero-order valence-electron chi connectivity index (χ0n) is 37.5. The zero-order valence-corrected chi connectivity index (χ0v) is 37.5. The lowest BCUT2D eigenvalue weighted by molar-refractivity contribution is -0.135. The van der Waals surface area contributed by atoms with Crippen LogP contribution in [0, 0.1) is 6.92 Å². The molecule has 5 heterocycles. The number of hydrogen-bond acceptors (Lipinski definition) is 11. The topological polar surface area (TPSA) is 176 Å². The van der Waals surface area contributed by atoms with Gasteiger partial charge in [-0.2, -0.15) is 5.10 Å². The van der Waals surface area contributed by atoms with Crippen molar-refractivity contribution in [2.75, 3.05) is 79.5 Å². The predicted molar refractivity (Wildman–Crippen MR) is 247 cm³/mol. The lowest BCUT2D eigenvalue weighted by Crippen LogP contribution is -2.57. The van der Waals surface area contributed by atoms with E-state index >= 15 is 0 Å². The number of rotatable bonds is 15. The van der Waals surface area contributed by atoms with Crippen LogP contribution in [0.25, 0.3) is 21.8 Å². The maximum absolute atomic E-state index is 13.4. The maximum Gasteiger partial charge on any atom is 0.409 e. The average Bonchev–Trinajstić information content (AvgIpc) is 3.74. The summed E-state index contributed by atoms with van der Waals surface area (Å²) in [6.45, 7) is 16.7. The molecule has 0 bridgehead atoms. The van der Waals surface area contributed by atoms with E-state index in [1.165, 1.54) is 17.4 Å². The lowest BCUT2D eigenvalue weighted by atomic mass is 9.89. The van der Waals surface area contributed by atoms with Crippen molar-refractivity contribution in [1.29, 1.82) is 0 Å². The number of piperazine rings is 1. The van der Waals surface area contributed by atoms with Crippen LogP contribution >= 0.6 is 0 Å². The van der Waals surface area contributed by atoms with Gasteiger partial charge in [-0.15, -0.1) is 13.2 Å². The van der Waals surface area contributed by atoms with E-state index in [0.717, 1.165) is 85.9 Å². The molecule has 0 saturated carbocycles. The van der Waals surface area contributed by atoms with Crippen molar-refractivity contribution in [1.82, 2.24) is 49.9 Å². The smallest absolute Gasteiger partial charge is 0.409 e. The standard InChI is InChI=1S/C27H41N7O3.C20H23N3O4/c1-5-8-29-27(36)37-19-34-25-20(2)15-21(16-22(25)18-30-34)17-24(28-3)26(35)33-13-11-32(12-14-33)23-6-9-31(4)10-7-23;1-2-9-21-20(26)27-14-23-18-6-4-3-5-16(18)12-17(19(23)25)15-7-10-22(13-24)11-8-15/h5,15-16,18,23-24,28H,1,6-14,17,19H2,2-4H3,(H,29,36);2-6,12-13,15H,1,7-11,14H2,(H,21,26). The van der Waals surface area contributed by atoms with E-state index in [4.69, 9.17) is 9.47 Å². The monoisotopic (exact) mass is 880 g/mol. The first-order valence-electron chi connectivity index (χ1n) is 22.2. The number of carbonyl (C=O) groups is 4. The molecular formula is C47H64N10O7. The second kappa shape index (κ2) is 23.1. The van der Waals surface area contributed by atoms with E-state index in [-0.39, 0.29) is 36.9 Å². The molecule has 64 heavy (non-hydrogen) atoms. The number of aromatic nitrogens is 3. The molecule has 2 aromatic carbocycles.